The monoisotopic (exact) mass is 235 g/mol. The molecule has 0 radical (unpaired) electrons. The minimum atomic E-state index is 0.534. The van der Waals surface area contributed by atoms with Crippen molar-refractivity contribution in [3.05, 3.63) is 18.1 Å². The molecule has 1 heterocycles. The van der Waals surface area contributed by atoms with E-state index in [0.717, 1.165) is 10.1 Å². The summed E-state index contributed by atoms with van der Waals surface area (Å²) >= 11 is 2.20. The molecule has 9 heavy (non-hydrogen) atoms. The van der Waals surface area contributed by atoms with Gasteiger partial charge in [0.2, 0.25) is 0 Å². The lowest BCUT2D eigenvalue weighted by atomic mass is 10.5. The molecule has 1 aromatic heterocycles. The van der Waals surface area contributed by atoms with E-state index in [1.807, 2.05) is 0 Å². The molecule has 1 aromatic rings. The van der Waals surface area contributed by atoms with Gasteiger partial charge in [-0.3, -0.25) is 4.98 Å². The predicted octanol–water partition coefficient (Wildman–Crippen LogP) is 0.994. The Labute approximate surface area is 66.8 Å². The molecule has 48 valence electrons. The fourth-order valence-electron chi connectivity index (χ4n) is 0.481. The molecule has 2 N–H and O–H groups in total. The maximum atomic E-state index is 5.45. The molecule has 0 unspecified atom stereocenters. The third-order valence-corrected chi connectivity index (χ3v) is 1.66. The maximum absolute atomic E-state index is 5.45. The van der Waals surface area contributed by atoms with Crippen molar-refractivity contribution in [2.75, 3.05) is 5.73 Å². The van der Waals surface area contributed by atoms with E-state index in [-0.39, 0.29) is 0 Å². The lowest BCUT2D eigenvalue weighted by Gasteiger charge is -1.95. The lowest BCUT2D eigenvalue weighted by Crippen LogP contribution is -1.96. The first-order chi connectivity index (χ1) is 4.34. The number of hydrogen-bond acceptors (Lipinski definition) is 3. The van der Waals surface area contributed by atoms with E-state index in [1.165, 1.54) is 0 Å². The van der Waals surface area contributed by atoms with Gasteiger partial charge in [0, 0.05) is 16.8 Å². The highest BCUT2D eigenvalue weighted by Crippen LogP contribution is 2.06. The molecule has 3 nitrogen and oxygen atoms in total. The SMILES string of the molecule is Nc1nccnc1CI. The van der Waals surface area contributed by atoms with Crippen LogP contribution in [0.25, 0.3) is 0 Å². The molecule has 0 aliphatic rings. The van der Waals surface area contributed by atoms with Crippen LogP contribution in [0, 0.1) is 0 Å². The van der Waals surface area contributed by atoms with Gasteiger partial charge in [0.25, 0.3) is 0 Å². The molecule has 0 saturated heterocycles. The van der Waals surface area contributed by atoms with Crippen LogP contribution in [0.5, 0.6) is 0 Å². The Kier molecular flexibility index (Phi) is 2.21. The third kappa shape index (κ3) is 1.51. The highest BCUT2D eigenvalue weighted by atomic mass is 127. The largest absolute Gasteiger partial charge is 0.382 e. The quantitative estimate of drug-likeness (QED) is 0.583. The zero-order valence-corrected chi connectivity index (χ0v) is 6.87. The molecule has 0 fully saturated rings. The highest BCUT2D eigenvalue weighted by molar-refractivity contribution is 14.1. The van der Waals surface area contributed by atoms with Crippen molar-refractivity contribution < 1.29 is 0 Å². The molecular weight excluding hydrogens is 229 g/mol. The highest BCUT2D eigenvalue weighted by Gasteiger charge is 1.95. The molecule has 0 bridgehead atoms. The number of nitrogen functional groups attached to an aromatic ring is 1. The van der Waals surface area contributed by atoms with Crippen molar-refractivity contribution >= 4 is 28.4 Å². The second-order valence-corrected chi connectivity index (χ2v) is 2.28. The average molecular weight is 235 g/mol. The third-order valence-electron chi connectivity index (χ3n) is 0.933. The van der Waals surface area contributed by atoms with Gasteiger partial charge < -0.3 is 5.73 Å². The first kappa shape index (κ1) is 6.73. The predicted molar refractivity (Wildman–Crippen MR) is 44.2 cm³/mol. The van der Waals surface area contributed by atoms with Crippen molar-refractivity contribution in [1.29, 1.82) is 0 Å². The Morgan fingerprint density at radius 1 is 1.44 bits per heavy atom. The minimum Gasteiger partial charge on any atom is -0.382 e. The van der Waals surface area contributed by atoms with Crippen LogP contribution >= 0.6 is 22.6 Å². The summed E-state index contributed by atoms with van der Waals surface area (Å²) in [5.74, 6) is 0.534. The van der Waals surface area contributed by atoms with Crippen molar-refractivity contribution in [2.24, 2.45) is 0 Å². The normalized spacial score (nSPS) is 9.44. The first-order valence-corrected chi connectivity index (χ1v) is 3.98. The fraction of sp³-hybridized carbons (Fsp3) is 0.200. The van der Waals surface area contributed by atoms with Crippen molar-refractivity contribution in [3.63, 3.8) is 0 Å². The zero-order chi connectivity index (χ0) is 6.69. The molecule has 0 atom stereocenters. The number of aromatic nitrogens is 2. The summed E-state index contributed by atoms with van der Waals surface area (Å²) in [6.45, 7) is 0. The Morgan fingerprint density at radius 3 is 2.56 bits per heavy atom. The maximum Gasteiger partial charge on any atom is 0.145 e. The number of rotatable bonds is 1. The van der Waals surface area contributed by atoms with Gasteiger partial charge in [0.1, 0.15) is 5.82 Å². The van der Waals surface area contributed by atoms with Crippen LogP contribution < -0.4 is 5.73 Å². The van der Waals surface area contributed by atoms with Gasteiger partial charge in [-0.2, -0.15) is 0 Å². The molecule has 4 heteroatoms. The van der Waals surface area contributed by atoms with E-state index in [0.29, 0.717) is 5.82 Å². The molecule has 0 saturated carbocycles. The van der Waals surface area contributed by atoms with E-state index in [2.05, 4.69) is 32.6 Å². The standard InChI is InChI=1S/C5H6IN3/c6-3-4-5(7)9-2-1-8-4/h1-2H,3H2,(H2,7,9). The van der Waals surface area contributed by atoms with E-state index in [1.54, 1.807) is 12.4 Å². The van der Waals surface area contributed by atoms with Crippen molar-refractivity contribution in [3.8, 4) is 0 Å². The second kappa shape index (κ2) is 2.95. The summed E-state index contributed by atoms with van der Waals surface area (Å²) in [4.78, 5) is 7.86. The van der Waals surface area contributed by atoms with E-state index >= 15 is 0 Å². The number of nitrogens with two attached hydrogens (primary N) is 1. The van der Waals surface area contributed by atoms with Crippen molar-refractivity contribution in [2.45, 2.75) is 4.43 Å². The molecule has 0 spiro atoms. The van der Waals surface area contributed by atoms with Crippen LogP contribution in [-0.2, 0) is 4.43 Å². The Balaban J connectivity index is 3.01. The number of halogens is 1. The smallest absolute Gasteiger partial charge is 0.145 e. The van der Waals surface area contributed by atoms with Gasteiger partial charge in [-0.15, -0.1) is 0 Å². The molecule has 0 aliphatic carbocycles. The van der Waals surface area contributed by atoms with Gasteiger partial charge in [0.15, 0.2) is 0 Å². The van der Waals surface area contributed by atoms with Gasteiger partial charge in [0.05, 0.1) is 5.69 Å². The minimum absolute atomic E-state index is 0.534. The summed E-state index contributed by atoms with van der Waals surface area (Å²) < 4.78 is 0.817. The summed E-state index contributed by atoms with van der Waals surface area (Å²) in [5, 5.41) is 0. The lowest BCUT2D eigenvalue weighted by molar-refractivity contribution is 1.12. The molecule has 0 amide bonds. The van der Waals surface area contributed by atoms with Gasteiger partial charge >= 0.3 is 0 Å². The number of alkyl halides is 1. The molecular formula is C5H6IN3. The Morgan fingerprint density at radius 2 is 2.11 bits per heavy atom. The van der Waals surface area contributed by atoms with Gasteiger partial charge in [-0.1, -0.05) is 22.6 Å². The summed E-state index contributed by atoms with van der Waals surface area (Å²) in [7, 11) is 0. The molecule has 1 rings (SSSR count). The zero-order valence-electron chi connectivity index (χ0n) is 4.71. The van der Waals surface area contributed by atoms with Crippen molar-refractivity contribution in [1.82, 2.24) is 9.97 Å². The molecule has 0 aliphatic heterocycles. The fourth-order valence-corrected chi connectivity index (χ4v) is 1.07. The van der Waals surface area contributed by atoms with E-state index in [4.69, 9.17) is 5.73 Å². The van der Waals surface area contributed by atoms with E-state index in [9.17, 15) is 0 Å². The molecule has 0 aromatic carbocycles. The summed E-state index contributed by atoms with van der Waals surface area (Å²) in [6.07, 6.45) is 3.23. The Bertz CT molecular complexity index is 201. The van der Waals surface area contributed by atoms with Crippen LogP contribution in [0.15, 0.2) is 12.4 Å². The van der Waals surface area contributed by atoms with Crippen LogP contribution in [0.3, 0.4) is 0 Å². The van der Waals surface area contributed by atoms with Crippen LogP contribution in [0.2, 0.25) is 0 Å². The van der Waals surface area contributed by atoms with E-state index < -0.39 is 0 Å². The summed E-state index contributed by atoms with van der Waals surface area (Å²) in [5.41, 5.74) is 6.31. The summed E-state index contributed by atoms with van der Waals surface area (Å²) in [6, 6.07) is 0. The van der Waals surface area contributed by atoms with Gasteiger partial charge in [-0.25, -0.2) is 4.98 Å². The average Bonchev–Trinajstić information content (AvgIpc) is 1.89. The van der Waals surface area contributed by atoms with Gasteiger partial charge in [-0.05, 0) is 0 Å². The van der Waals surface area contributed by atoms with Crippen LogP contribution in [0.1, 0.15) is 5.69 Å². The van der Waals surface area contributed by atoms with Crippen LogP contribution in [-0.4, -0.2) is 9.97 Å². The topological polar surface area (TPSA) is 51.8 Å². The Hall–Kier alpha value is -0.390. The number of anilines is 1. The number of nitrogens with zero attached hydrogens (tertiary/aromatic N) is 2. The first-order valence-electron chi connectivity index (χ1n) is 2.46. The number of hydrogen-bond donors (Lipinski definition) is 1. The van der Waals surface area contributed by atoms with Crippen LogP contribution in [0.4, 0.5) is 5.82 Å². The second-order valence-electron chi connectivity index (χ2n) is 1.52.